The molecule has 0 aliphatic heterocycles. The van der Waals surface area contributed by atoms with Gasteiger partial charge in [0.25, 0.3) is 0 Å². The number of nitrogens with zero attached hydrogens (tertiary/aromatic N) is 1. The Morgan fingerprint density at radius 2 is 2.29 bits per heavy atom. The fourth-order valence-electron chi connectivity index (χ4n) is 1.81. The normalized spacial score (nSPS) is 17.4. The zero-order valence-corrected chi connectivity index (χ0v) is 8.38. The van der Waals surface area contributed by atoms with Crippen molar-refractivity contribution in [2.75, 3.05) is 7.05 Å². The molecule has 1 aromatic carbocycles. The Morgan fingerprint density at radius 3 is 2.86 bits per heavy atom. The minimum atomic E-state index is 0.327. The fraction of sp³-hybridized carbons (Fsp3) is 0.417. The molecule has 0 spiro atoms. The number of hydrogen-bond acceptors (Lipinski definition) is 2. The van der Waals surface area contributed by atoms with Crippen molar-refractivity contribution in [2.24, 2.45) is 0 Å². The Morgan fingerprint density at radius 1 is 1.50 bits per heavy atom. The second-order valence-corrected chi connectivity index (χ2v) is 4.02. The predicted octanol–water partition coefficient (Wildman–Crippen LogP) is 1.85. The van der Waals surface area contributed by atoms with E-state index in [0.29, 0.717) is 5.54 Å². The zero-order chi connectivity index (χ0) is 10.0. The van der Waals surface area contributed by atoms with Crippen molar-refractivity contribution in [2.45, 2.75) is 24.8 Å². The Bertz CT molecular complexity index is 372. The van der Waals surface area contributed by atoms with Gasteiger partial charge in [-0.25, -0.2) is 0 Å². The number of nitrogens with one attached hydrogen (secondary N) is 1. The third-order valence-corrected chi connectivity index (χ3v) is 2.98. The lowest BCUT2D eigenvalue weighted by Crippen LogP contribution is -2.29. The van der Waals surface area contributed by atoms with Crippen molar-refractivity contribution in [1.29, 1.82) is 5.26 Å². The number of benzene rings is 1. The first kappa shape index (κ1) is 9.23. The zero-order valence-electron chi connectivity index (χ0n) is 8.38. The Hall–Kier alpha value is -1.33. The molecular weight excluding hydrogens is 172 g/mol. The van der Waals surface area contributed by atoms with Crippen LogP contribution >= 0.6 is 0 Å². The van der Waals surface area contributed by atoms with Gasteiger partial charge in [-0.15, -0.1) is 0 Å². The first-order valence-electron chi connectivity index (χ1n) is 4.96. The molecule has 0 aromatic heterocycles. The maximum atomic E-state index is 8.77. The molecule has 0 amide bonds. The standard InChI is InChI=1S/C12H14N2/c1-14-12(5-6-12)8-10-3-2-4-11(7-10)9-13/h2-4,7,14H,5-6,8H2,1H3. The highest BCUT2D eigenvalue weighted by molar-refractivity contribution is 5.34. The van der Waals surface area contributed by atoms with Gasteiger partial charge in [0, 0.05) is 5.54 Å². The van der Waals surface area contributed by atoms with Gasteiger partial charge in [0.15, 0.2) is 0 Å². The minimum Gasteiger partial charge on any atom is -0.314 e. The summed E-state index contributed by atoms with van der Waals surface area (Å²) in [5, 5.41) is 12.1. The van der Waals surface area contributed by atoms with Crippen LogP contribution in [0.2, 0.25) is 0 Å². The molecule has 1 N–H and O–H groups in total. The molecule has 1 fully saturated rings. The van der Waals surface area contributed by atoms with E-state index in [1.165, 1.54) is 18.4 Å². The van der Waals surface area contributed by atoms with E-state index in [1.54, 1.807) is 0 Å². The maximum Gasteiger partial charge on any atom is 0.0991 e. The summed E-state index contributed by atoms with van der Waals surface area (Å²) in [7, 11) is 2.02. The van der Waals surface area contributed by atoms with Gasteiger partial charge in [0.1, 0.15) is 0 Å². The average Bonchev–Trinajstić information content (AvgIpc) is 2.99. The molecule has 1 aliphatic carbocycles. The summed E-state index contributed by atoms with van der Waals surface area (Å²) in [6, 6.07) is 10.1. The first-order valence-corrected chi connectivity index (χ1v) is 4.96. The number of nitriles is 1. The number of rotatable bonds is 3. The third kappa shape index (κ3) is 1.78. The lowest BCUT2D eigenvalue weighted by molar-refractivity contribution is 0.548. The van der Waals surface area contributed by atoms with Crippen molar-refractivity contribution in [1.82, 2.24) is 5.32 Å². The van der Waals surface area contributed by atoms with Gasteiger partial charge in [-0.2, -0.15) is 5.26 Å². The van der Waals surface area contributed by atoms with Crippen molar-refractivity contribution in [3.63, 3.8) is 0 Å². The molecule has 14 heavy (non-hydrogen) atoms. The lowest BCUT2D eigenvalue weighted by atomic mass is 10.0. The largest absolute Gasteiger partial charge is 0.314 e. The van der Waals surface area contributed by atoms with Crippen LogP contribution in [0.1, 0.15) is 24.0 Å². The van der Waals surface area contributed by atoms with Crippen LogP contribution in [0.15, 0.2) is 24.3 Å². The van der Waals surface area contributed by atoms with Crippen molar-refractivity contribution in [3.8, 4) is 6.07 Å². The van der Waals surface area contributed by atoms with Crippen LogP contribution in [0.4, 0.5) is 0 Å². The van der Waals surface area contributed by atoms with Crippen LogP contribution < -0.4 is 5.32 Å². The van der Waals surface area contributed by atoms with E-state index >= 15 is 0 Å². The molecule has 1 aliphatic rings. The molecule has 0 unspecified atom stereocenters. The number of hydrogen-bond donors (Lipinski definition) is 1. The summed E-state index contributed by atoms with van der Waals surface area (Å²) in [6.45, 7) is 0. The SMILES string of the molecule is CNC1(Cc2cccc(C#N)c2)CC1. The van der Waals surface area contributed by atoms with E-state index in [2.05, 4.69) is 17.5 Å². The van der Waals surface area contributed by atoms with E-state index in [4.69, 9.17) is 5.26 Å². The second kappa shape index (κ2) is 3.43. The molecule has 0 radical (unpaired) electrons. The first-order chi connectivity index (χ1) is 6.78. The molecule has 2 heteroatoms. The van der Waals surface area contributed by atoms with E-state index in [9.17, 15) is 0 Å². The molecule has 72 valence electrons. The van der Waals surface area contributed by atoms with Crippen LogP contribution in [0.25, 0.3) is 0 Å². The van der Waals surface area contributed by atoms with Crippen LogP contribution in [0, 0.1) is 11.3 Å². The Labute approximate surface area is 84.6 Å². The topological polar surface area (TPSA) is 35.8 Å². The average molecular weight is 186 g/mol. The maximum absolute atomic E-state index is 8.77. The van der Waals surface area contributed by atoms with Gasteiger partial charge in [-0.1, -0.05) is 12.1 Å². The molecule has 0 bridgehead atoms. The van der Waals surface area contributed by atoms with Gasteiger partial charge < -0.3 is 5.32 Å². The molecule has 0 saturated heterocycles. The minimum absolute atomic E-state index is 0.327. The molecular formula is C12H14N2. The Kier molecular flexibility index (Phi) is 2.26. The van der Waals surface area contributed by atoms with Gasteiger partial charge in [-0.05, 0) is 44.0 Å². The monoisotopic (exact) mass is 186 g/mol. The smallest absolute Gasteiger partial charge is 0.0991 e. The molecule has 2 nitrogen and oxygen atoms in total. The summed E-state index contributed by atoms with van der Waals surface area (Å²) in [5.74, 6) is 0. The van der Waals surface area contributed by atoms with Gasteiger partial charge >= 0.3 is 0 Å². The molecule has 2 rings (SSSR count). The molecule has 1 aromatic rings. The summed E-state index contributed by atoms with van der Waals surface area (Å²) in [6.07, 6.45) is 3.54. The fourth-order valence-corrected chi connectivity index (χ4v) is 1.81. The third-order valence-electron chi connectivity index (χ3n) is 2.98. The highest BCUT2D eigenvalue weighted by atomic mass is 15.0. The summed E-state index contributed by atoms with van der Waals surface area (Å²) in [5.41, 5.74) is 2.35. The van der Waals surface area contributed by atoms with Crippen LogP contribution in [0.3, 0.4) is 0 Å². The second-order valence-electron chi connectivity index (χ2n) is 4.02. The van der Waals surface area contributed by atoms with Crippen LogP contribution in [0.5, 0.6) is 0 Å². The summed E-state index contributed by atoms with van der Waals surface area (Å²) < 4.78 is 0. The van der Waals surface area contributed by atoms with Crippen molar-refractivity contribution < 1.29 is 0 Å². The van der Waals surface area contributed by atoms with Gasteiger partial charge in [0.05, 0.1) is 11.6 Å². The molecule has 0 atom stereocenters. The van der Waals surface area contributed by atoms with E-state index in [-0.39, 0.29) is 0 Å². The van der Waals surface area contributed by atoms with Crippen molar-refractivity contribution in [3.05, 3.63) is 35.4 Å². The van der Waals surface area contributed by atoms with E-state index in [0.717, 1.165) is 12.0 Å². The summed E-state index contributed by atoms with van der Waals surface area (Å²) in [4.78, 5) is 0. The quantitative estimate of drug-likeness (QED) is 0.782. The molecule has 0 heterocycles. The lowest BCUT2D eigenvalue weighted by Gasteiger charge is -2.13. The van der Waals surface area contributed by atoms with Gasteiger partial charge in [-0.3, -0.25) is 0 Å². The highest BCUT2D eigenvalue weighted by Crippen LogP contribution is 2.38. The number of likely N-dealkylation sites (N-methyl/N-ethyl adjacent to an activating group) is 1. The Balaban J connectivity index is 2.14. The molecule has 1 saturated carbocycles. The van der Waals surface area contributed by atoms with Crippen molar-refractivity contribution >= 4 is 0 Å². The van der Waals surface area contributed by atoms with Gasteiger partial charge in [0.2, 0.25) is 0 Å². The predicted molar refractivity (Wildman–Crippen MR) is 55.9 cm³/mol. The summed E-state index contributed by atoms with van der Waals surface area (Å²) >= 11 is 0. The van der Waals surface area contributed by atoms with E-state index < -0.39 is 0 Å². The van der Waals surface area contributed by atoms with Crippen LogP contribution in [-0.4, -0.2) is 12.6 Å². The van der Waals surface area contributed by atoms with Crippen LogP contribution in [-0.2, 0) is 6.42 Å². The van der Waals surface area contributed by atoms with E-state index in [1.807, 2.05) is 25.2 Å². The highest BCUT2D eigenvalue weighted by Gasteiger charge is 2.40.